The second-order valence-corrected chi connectivity index (χ2v) is 11.2. The van der Waals surface area contributed by atoms with E-state index in [-0.39, 0.29) is 17.2 Å². The molecule has 2 amide bonds. The number of ether oxygens (including phenoxy) is 1. The first-order chi connectivity index (χ1) is 17.8. The SMILES string of the molecule is CN1c2ccccc2C(C)(C)C12C=Cc1c(ccc3c(CN4C(=O)C5=C(CCCC5)C4=O)cccc13)O2. The Kier molecular flexibility index (Phi) is 4.58. The van der Waals surface area contributed by atoms with Crippen LogP contribution < -0.4 is 9.64 Å². The number of fused-ring (bicyclic) bond motifs is 4. The summed E-state index contributed by atoms with van der Waals surface area (Å²) in [5.74, 6) is 0.627. The third-order valence-electron chi connectivity index (χ3n) is 9.03. The summed E-state index contributed by atoms with van der Waals surface area (Å²) in [4.78, 5) is 29.8. The van der Waals surface area contributed by atoms with Crippen LogP contribution in [0.25, 0.3) is 16.8 Å². The molecule has 0 aromatic heterocycles. The van der Waals surface area contributed by atoms with Crippen LogP contribution in [0.2, 0.25) is 0 Å². The van der Waals surface area contributed by atoms with Crippen molar-refractivity contribution in [2.75, 3.05) is 11.9 Å². The third-order valence-corrected chi connectivity index (χ3v) is 9.03. The highest BCUT2D eigenvalue weighted by Gasteiger charge is 2.57. The van der Waals surface area contributed by atoms with Gasteiger partial charge in [0.15, 0.2) is 0 Å². The van der Waals surface area contributed by atoms with E-state index in [1.165, 1.54) is 16.2 Å². The number of nitrogens with zero attached hydrogens (tertiary/aromatic N) is 2. The van der Waals surface area contributed by atoms with Crippen molar-refractivity contribution < 1.29 is 14.3 Å². The van der Waals surface area contributed by atoms with Crippen molar-refractivity contribution in [3.8, 4) is 5.75 Å². The molecular weight excluding hydrogens is 460 g/mol. The predicted molar refractivity (Wildman–Crippen MR) is 145 cm³/mol. The molecule has 1 spiro atoms. The maximum absolute atomic E-state index is 13.1. The van der Waals surface area contributed by atoms with Crippen LogP contribution in [0.5, 0.6) is 5.75 Å². The second kappa shape index (κ2) is 7.58. The number of amides is 2. The van der Waals surface area contributed by atoms with Crippen LogP contribution in [0.3, 0.4) is 0 Å². The number of carbonyl (C=O) groups is 2. The van der Waals surface area contributed by atoms with E-state index in [1.54, 1.807) is 0 Å². The fraction of sp³-hybridized carbons (Fsp3) is 0.312. The molecule has 0 fully saturated rings. The van der Waals surface area contributed by atoms with E-state index in [4.69, 9.17) is 4.74 Å². The van der Waals surface area contributed by atoms with Crippen molar-refractivity contribution in [2.24, 2.45) is 0 Å². The summed E-state index contributed by atoms with van der Waals surface area (Å²) in [6.07, 6.45) is 7.78. The average molecular weight is 491 g/mol. The largest absolute Gasteiger partial charge is 0.463 e. The summed E-state index contributed by atoms with van der Waals surface area (Å²) in [5, 5.41) is 2.10. The number of benzene rings is 3. The predicted octanol–water partition coefficient (Wildman–Crippen LogP) is 6.11. The lowest BCUT2D eigenvalue weighted by molar-refractivity contribution is -0.138. The van der Waals surface area contributed by atoms with Gasteiger partial charge in [-0.25, -0.2) is 0 Å². The molecule has 0 bridgehead atoms. The number of imide groups is 1. The number of anilines is 1. The van der Waals surface area contributed by atoms with E-state index in [0.29, 0.717) is 6.54 Å². The van der Waals surface area contributed by atoms with Crippen LogP contribution in [0.15, 0.2) is 71.8 Å². The van der Waals surface area contributed by atoms with Gasteiger partial charge in [-0.15, -0.1) is 0 Å². The number of para-hydroxylation sites is 1. The molecule has 0 saturated carbocycles. The topological polar surface area (TPSA) is 49.9 Å². The van der Waals surface area contributed by atoms with Gasteiger partial charge in [0.1, 0.15) is 5.75 Å². The Morgan fingerprint density at radius 1 is 0.865 bits per heavy atom. The standard InChI is InChI=1S/C32H30N2O3/c1-31(2)26-13-6-7-14-27(26)33(3)32(31)18-17-23-22-12-8-9-20(21(22)15-16-28(23)37-32)19-34-29(35)24-10-4-5-11-25(24)30(34)36/h6-9,12-18H,4-5,10-11,19H2,1-3H3. The normalized spacial score (nSPS) is 23.5. The molecule has 0 radical (unpaired) electrons. The molecule has 5 heteroatoms. The van der Waals surface area contributed by atoms with Crippen molar-refractivity contribution in [1.82, 2.24) is 4.90 Å². The highest BCUT2D eigenvalue weighted by atomic mass is 16.5. The molecule has 3 heterocycles. The molecule has 3 aromatic carbocycles. The van der Waals surface area contributed by atoms with E-state index in [0.717, 1.165) is 64.5 Å². The molecule has 7 rings (SSSR count). The lowest BCUT2D eigenvalue weighted by Gasteiger charge is -2.46. The number of carbonyl (C=O) groups excluding carboxylic acids is 2. The lowest BCUT2D eigenvalue weighted by Crippen LogP contribution is -2.58. The summed E-state index contributed by atoms with van der Waals surface area (Å²) in [6, 6.07) is 18.7. The maximum atomic E-state index is 13.1. The first-order valence-corrected chi connectivity index (χ1v) is 13.2. The number of hydrogen-bond donors (Lipinski definition) is 0. The van der Waals surface area contributed by atoms with Gasteiger partial charge < -0.3 is 9.64 Å². The Labute approximate surface area is 217 Å². The van der Waals surface area contributed by atoms with Gasteiger partial charge in [0.2, 0.25) is 5.72 Å². The summed E-state index contributed by atoms with van der Waals surface area (Å²) in [7, 11) is 2.10. The Morgan fingerprint density at radius 3 is 2.32 bits per heavy atom. The van der Waals surface area contributed by atoms with Gasteiger partial charge in [0, 0.05) is 29.4 Å². The van der Waals surface area contributed by atoms with E-state index in [1.807, 2.05) is 18.2 Å². The van der Waals surface area contributed by atoms with Crippen molar-refractivity contribution in [2.45, 2.75) is 57.2 Å². The van der Waals surface area contributed by atoms with E-state index < -0.39 is 5.72 Å². The number of hydrogen-bond acceptors (Lipinski definition) is 4. The summed E-state index contributed by atoms with van der Waals surface area (Å²) in [5.41, 5.74) is 5.03. The molecule has 5 nitrogen and oxygen atoms in total. The molecule has 3 aromatic rings. The molecular formula is C32H30N2O3. The second-order valence-electron chi connectivity index (χ2n) is 11.2. The van der Waals surface area contributed by atoms with Gasteiger partial charge in [-0.1, -0.05) is 42.5 Å². The first kappa shape index (κ1) is 22.3. The Balaban J connectivity index is 1.26. The molecule has 4 aliphatic rings. The molecule has 37 heavy (non-hydrogen) atoms. The fourth-order valence-electron chi connectivity index (χ4n) is 6.93. The minimum Gasteiger partial charge on any atom is -0.463 e. The molecule has 1 aliphatic carbocycles. The molecule has 0 N–H and O–H groups in total. The maximum Gasteiger partial charge on any atom is 0.257 e. The van der Waals surface area contributed by atoms with Crippen LogP contribution in [0.1, 0.15) is 56.2 Å². The summed E-state index contributed by atoms with van der Waals surface area (Å²) >= 11 is 0. The van der Waals surface area contributed by atoms with Crippen LogP contribution in [-0.2, 0) is 21.5 Å². The van der Waals surface area contributed by atoms with Crippen LogP contribution in [0, 0.1) is 0 Å². The van der Waals surface area contributed by atoms with Crippen LogP contribution >= 0.6 is 0 Å². The first-order valence-electron chi connectivity index (χ1n) is 13.2. The average Bonchev–Trinajstić information content (AvgIpc) is 3.25. The Hall–Kier alpha value is -3.86. The third kappa shape index (κ3) is 2.85. The molecule has 1 unspecified atom stereocenters. The Bertz CT molecular complexity index is 1550. The van der Waals surface area contributed by atoms with Crippen LogP contribution in [-0.4, -0.2) is 29.5 Å². The Morgan fingerprint density at radius 2 is 1.59 bits per heavy atom. The zero-order valence-corrected chi connectivity index (χ0v) is 21.5. The summed E-state index contributed by atoms with van der Waals surface area (Å²) in [6.45, 7) is 4.77. The minimum atomic E-state index is -0.631. The van der Waals surface area contributed by atoms with Gasteiger partial charge >= 0.3 is 0 Å². The minimum absolute atomic E-state index is 0.106. The van der Waals surface area contributed by atoms with Gasteiger partial charge in [-0.3, -0.25) is 14.5 Å². The van der Waals surface area contributed by atoms with Crippen molar-refractivity contribution in [3.63, 3.8) is 0 Å². The zero-order valence-electron chi connectivity index (χ0n) is 21.5. The van der Waals surface area contributed by atoms with E-state index in [2.05, 4.69) is 74.3 Å². The molecule has 186 valence electrons. The molecule has 1 atom stereocenters. The summed E-state index contributed by atoms with van der Waals surface area (Å²) < 4.78 is 6.88. The lowest BCUT2D eigenvalue weighted by atomic mass is 9.76. The van der Waals surface area contributed by atoms with E-state index >= 15 is 0 Å². The van der Waals surface area contributed by atoms with E-state index in [9.17, 15) is 9.59 Å². The number of rotatable bonds is 2. The zero-order chi connectivity index (χ0) is 25.5. The van der Waals surface area contributed by atoms with Gasteiger partial charge in [-0.2, -0.15) is 0 Å². The fourth-order valence-corrected chi connectivity index (χ4v) is 6.93. The van der Waals surface area contributed by atoms with Gasteiger partial charge in [0.25, 0.3) is 11.8 Å². The molecule has 0 saturated heterocycles. The van der Waals surface area contributed by atoms with Crippen molar-refractivity contribution in [1.29, 1.82) is 0 Å². The quantitative estimate of drug-likeness (QED) is 0.407. The van der Waals surface area contributed by atoms with Gasteiger partial charge in [-0.05, 0) is 85.7 Å². The highest BCUT2D eigenvalue weighted by Crippen LogP contribution is 2.54. The smallest absolute Gasteiger partial charge is 0.257 e. The molecule has 3 aliphatic heterocycles. The van der Waals surface area contributed by atoms with Crippen molar-refractivity contribution in [3.05, 3.63) is 88.5 Å². The number of likely N-dealkylation sites (N-methyl/N-ethyl adjacent to an activating group) is 1. The monoisotopic (exact) mass is 490 g/mol. The van der Waals surface area contributed by atoms with Crippen molar-refractivity contribution >= 4 is 34.4 Å². The highest BCUT2D eigenvalue weighted by molar-refractivity contribution is 6.19. The van der Waals surface area contributed by atoms with Crippen LogP contribution in [0.4, 0.5) is 5.69 Å². The van der Waals surface area contributed by atoms with Gasteiger partial charge in [0.05, 0.1) is 12.0 Å².